The first kappa shape index (κ1) is 19.7. The number of rotatable bonds is 6. The molecular weight excluding hydrogens is 324 g/mol. The van der Waals surface area contributed by atoms with Gasteiger partial charge in [0.25, 0.3) is 5.91 Å². The number of benzene rings is 2. The number of amides is 2. The lowest BCUT2D eigenvalue weighted by Gasteiger charge is -2.21. The van der Waals surface area contributed by atoms with Crippen molar-refractivity contribution in [2.24, 2.45) is 5.92 Å². The Bertz CT molecular complexity index is 796. The van der Waals surface area contributed by atoms with E-state index in [0.717, 1.165) is 22.4 Å². The summed E-state index contributed by atoms with van der Waals surface area (Å²) in [4.78, 5) is 25.5. The van der Waals surface area contributed by atoms with Crippen molar-refractivity contribution in [1.29, 1.82) is 0 Å². The zero-order chi connectivity index (χ0) is 19.3. The van der Waals surface area contributed by atoms with Gasteiger partial charge in [-0.3, -0.25) is 9.59 Å². The van der Waals surface area contributed by atoms with Crippen molar-refractivity contribution in [2.75, 3.05) is 5.32 Å². The molecule has 138 valence electrons. The van der Waals surface area contributed by atoms with Crippen LogP contribution >= 0.6 is 0 Å². The Labute approximate surface area is 156 Å². The minimum atomic E-state index is -0.581. The van der Waals surface area contributed by atoms with Gasteiger partial charge in [0.2, 0.25) is 5.91 Å². The third-order valence-electron chi connectivity index (χ3n) is 4.58. The highest BCUT2D eigenvalue weighted by Crippen LogP contribution is 2.19. The van der Waals surface area contributed by atoms with Crippen molar-refractivity contribution in [3.63, 3.8) is 0 Å². The van der Waals surface area contributed by atoms with Crippen LogP contribution in [0.4, 0.5) is 5.69 Å². The molecule has 0 spiro atoms. The second kappa shape index (κ2) is 8.65. The van der Waals surface area contributed by atoms with Crippen LogP contribution in [0.1, 0.15) is 47.3 Å². The first-order valence-electron chi connectivity index (χ1n) is 9.03. The molecule has 26 heavy (non-hydrogen) atoms. The Balaban J connectivity index is 2.18. The van der Waals surface area contributed by atoms with Crippen LogP contribution < -0.4 is 10.6 Å². The van der Waals surface area contributed by atoms with Crippen molar-refractivity contribution in [3.8, 4) is 0 Å². The van der Waals surface area contributed by atoms with E-state index in [9.17, 15) is 9.59 Å². The van der Waals surface area contributed by atoms with E-state index in [2.05, 4.69) is 10.6 Å². The average Bonchev–Trinajstić information content (AvgIpc) is 2.58. The number of aryl methyl sites for hydroxylation is 2. The van der Waals surface area contributed by atoms with Gasteiger partial charge < -0.3 is 10.6 Å². The molecule has 0 aromatic heterocycles. The zero-order valence-electron chi connectivity index (χ0n) is 16.2. The van der Waals surface area contributed by atoms with Crippen LogP contribution in [0, 0.1) is 26.7 Å². The standard InChI is InChI=1S/C22H28N2O2/c1-14(2)13-20(24-21(25)18-11-7-6-9-16(18)4)22(26)23-19-12-8-10-15(3)17(19)5/h6-12,14,20H,13H2,1-5H3,(H,23,26)(H,24,25). The lowest BCUT2D eigenvalue weighted by Crippen LogP contribution is -2.44. The molecule has 1 unspecified atom stereocenters. The van der Waals surface area contributed by atoms with Gasteiger partial charge in [-0.1, -0.05) is 44.2 Å². The van der Waals surface area contributed by atoms with Gasteiger partial charge in [0.1, 0.15) is 6.04 Å². The SMILES string of the molecule is Cc1ccccc1C(=O)NC(CC(C)C)C(=O)Nc1cccc(C)c1C. The zero-order valence-corrected chi connectivity index (χ0v) is 16.2. The largest absolute Gasteiger partial charge is 0.340 e. The Hall–Kier alpha value is -2.62. The number of carbonyl (C=O) groups is 2. The van der Waals surface area contributed by atoms with Crippen molar-refractivity contribution in [3.05, 3.63) is 64.7 Å². The molecule has 0 fully saturated rings. The maximum Gasteiger partial charge on any atom is 0.252 e. The van der Waals surface area contributed by atoms with Crippen molar-refractivity contribution in [2.45, 2.75) is 47.1 Å². The predicted octanol–water partition coefficient (Wildman–Crippen LogP) is 4.40. The molecule has 2 aromatic carbocycles. The molecule has 0 aliphatic heterocycles. The number of hydrogen-bond donors (Lipinski definition) is 2. The van der Waals surface area contributed by atoms with E-state index in [0.29, 0.717) is 12.0 Å². The van der Waals surface area contributed by atoms with Crippen molar-refractivity contribution >= 4 is 17.5 Å². The molecule has 0 aliphatic rings. The fourth-order valence-electron chi connectivity index (χ4n) is 2.87. The quantitative estimate of drug-likeness (QED) is 0.810. The van der Waals surface area contributed by atoms with E-state index < -0.39 is 6.04 Å². The molecule has 1 atom stereocenters. The Morgan fingerprint density at radius 3 is 2.23 bits per heavy atom. The molecule has 0 saturated heterocycles. The lowest BCUT2D eigenvalue weighted by atomic mass is 10.0. The van der Waals surface area contributed by atoms with E-state index in [4.69, 9.17) is 0 Å². The van der Waals surface area contributed by atoms with Gasteiger partial charge in [-0.2, -0.15) is 0 Å². The van der Waals surface area contributed by atoms with E-state index in [-0.39, 0.29) is 17.7 Å². The van der Waals surface area contributed by atoms with Gasteiger partial charge in [-0.05, 0) is 61.9 Å². The van der Waals surface area contributed by atoms with Gasteiger partial charge in [0.05, 0.1) is 0 Å². The minimum Gasteiger partial charge on any atom is -0.340 e. The van der Waals surface area contributed by atoms with Crippen LogP contribution in [0.15, 0.2) is 42.5 Å². The Morgan fingerprint density at radius 1 is 0.923 bits per heavy atom. The summed E-state index contributed by atoms with van der Waals surface area (Å²) in [5, 5.41) is 5.88. The molecule has 4 nitrogen and oxygen atoms in total. The fourth-order valence-corrected chi connectivity index (χ4v) is 2.87. The maximum absolute atomic E-state index is 12.8. The number of hydrogen-bond acceptors (Lipinski definition) is 2. The highest BCUT2D eigenvalue weighted by Gasteiger charge is 2.23. The Morgan fingerprint density at radius 2 is 1.58 bits per heavy atom. The van der Waals surface area contributed by atoms with E-state index in [1.54, 1.807) is 6.07 Å². The number of anilines is 1. The van der Waals surface area contributed by atoms with Gasteiger partial charge in [0, 0.05) is 11.3 Å². The smallest absolute Gasteiger partial charge is 0.252 e. The molecule has 4 heteroatoms. The number of carbonyl (C=O) groups excluding carboxylic acids is 2. The molecule has 0 heterocycles. The molecule has 2 amide bonds. The van der Waals surface area contributed by atoms with Crippen molar-refractivity contribution < 1.29 is 9.59 Å². The highest BCUT2D eigenvalue weighted by molar-refractivity contribution is 6.02. The summed E-state index contributed by atoms with van der Waals surface area (Å²) in [6, 6.07) is 12.6. The van der Waals surface area contributed by atoms with E-state index in [1.165, 1.54) is 0 Å². The van der Waals surface area contributed by atoms with E-state index >= 15 is 0 Å². The lowest BCUT2D eigenvalue weighted by molar-refractivity contribution is -0.118. The van der Waals surface area contributed by atoms with Crippen LogP contribution in [0.2, 0.25) is 0 Å². The maximum atomic E-state index is 12.8. The topological polar surface area (TPSA) is 58.2 Å². The average molecular weight is 352 g/mol. The fraction of sp³-hybridized carbons (Fsp3) is 0.364. The third-order valence-corrected chi connectivity index (χ3v) is 4.58. The molecule has 2 aromatic rings. The van der Waals surface area contributed by atoms with Crippen LogP contribution in [-0.4, -0.2) is 17.9 Å². The molecular formula is C22H28N2O2. The predicted molar refractivity (Wildman–Crippen MR) is 106 cm³/mol. The summed E-state index contributed by atoms with van der Waals surface area (Å²) in [7, 11) is 0. The second-order valence-corrected chi connectivity index (χ2v) is 7.21. The monoisotopic (exact) mass is 352 g/mol. The van der Waals surface area contributed by atoms with Crippen LogP contribution in [0.5, 0.6) is 0 Å². The van der Waals surface area contributed by atoms with Gasteiger partial charge in [-0.15, -0.1) is 0 Å². The molecule has 2 N–H and O–H groups in total. The first-order chi connectivity index (χ1) is 12.3. The van der Waals surface area contributed by atoms with Crippen molar-refractivity contribution in [1.82, 2.24) is 5.32 Å². The normalized spacial score (nSPS) is 11.9. The van der Waals surface area contributed by atoms with Crippen LogP contribution in [-0.2, 0) is 4.79 Å². The highest BCUT2D eigenvalue weighted by atomic mass is 16.2. The number of nitrogens with one attached hydrogen (secondary N) is 2. The van der Waals surface area contributed by atoms with Gasteiger partial charge in [0.15, 0.2) is 0 Å². The summed E-state index contributed by atoms with van der Waals surface area (Å²) >= 11 is 0. The summed E-state index contributed by atoms with van der Waals surface area (Å²) in [5.41, 5.74) is 4.43. The molecule has 0 aliphatic carbocycles. The van der Waals surface area contributed by atoms with Gasteiger partial charge in [-0.25, -0.2) is 0 Å². The minimum absolute atomic E-state index is 0.186. The second-order valence-electron chi connectivity index (χ2n) is 7.21. The summed E-state index contributed by atoms with van der Waals surface area (Å²) in [6.45, 7) is 9.96. The van der Waals surface area contributed by atoms with Crippen LogP contribution in [0.25, 0.3) is 0 Å². The first-order valence-corrected chi connectivity index (χ1v) is 9.03. The summed E-state index contributed by atoms with van der Waals surface area (Å²) in [5.74, 6) is -0.124. The van der Waals surface area contributed by atoms with E-state index in [1.807, 2.05) is 71.0 Å². The third kappa shape index (κ3) is 4.94. The Kier molecular flexibility index (Phi) is 6.56. The van der Waals surface area contributed by atoms with Crippen LogP contribution in [0.3, 0.4) is 0 Å². The molecule has 0 radical (unpaired) electrons. The van der Waals surface area contributed by atoms with Gasteiger partial charge >= 0.3 is 0 Å². The molecule has 0 saturated carbocycles. The molecule has 2 rings (SSSR count). The summed E-state index contributed by atoms with van der Waals surface area (Å²) in [6.07, 6.45) is 0.578. The molecule has 0 bridgehead atoms. The summed E-state index contributed by atoms with van der Waals surface area (Å²) < 4.78 is 0.